The van der Waals surface area contributed by atoms with Crippen LogP contribution in [0.15, 0.2) is 18.2 Å². The summed E-state index contributed by atoms with van der Waals surface area (Å²) in [6.45, 7) is 4.75. The third-order valence-electron chi connectivity index (χ3n) is 2.78. The van der Waals surface area contributed by atoms with Crippen LogP contribution >= 0.6 is 11.6 Å². The van der Waals surface area contributed by atoms with Crippen molar-refractivity contribution in [2.45, 2.75) is 32.1 Å². The molecule has 0 saturated carbocycles. The second-order valence-corrected chi connectivity index (χ2v) is 8.42. The number of hydrogen-bond acceptors (Lipinski definition) is 4. The Kier molecular flexibility index (Phi) is 5.24. The van der Waals surface area contributed by atoms with Crippen molar-refractivity contribution in [2.24, 2.45) is 0 Å². The first kappa shape index (κ1) is 16.3. The first-order chi connectivity index (χ1) is 8.69. The van der Waals surface area contributed by atoms with E-state index in [-0.39, 0.29) is 19.0 Å². The van der Waals surface area contributed by atoms with Crippen LogP contribution in [0, 0.1) is 0 Å². The Morgan fingerprint density at radius 3 is 2.47 bits per heavy atom. The maximum atomic E-state index is 11.9. The Bertz CT molecular complexity index is 532. The van der Waals surface area contributed by atoms with Crippen LogP contribution in [0.25, 0.3) is 0 Å². The van der Waals surface area contributed by atoms with Crippen molar-refractivity contribution in [3.63, 3.8) is 0 Å². The molecule has 1 N–H and O–H groups in total. The van der Waals surface area contributed by atoms with Gasteiger partial charge in [-0.25, -0.2) is 8.42 Å². The number of rotatable bonds is 5. The van der Waals surface area contributed by atoms with Crippen LogP contribution in [0.1, 0.15) is 26.3 Å². The van der Waals surface area contributed by atoms with Crippen molar-refractivity contribution in [1.82, 2.24) is 0 Å². The smallest absolute Gasteiger partial charge is 0.158 e. The van der Waals surface area contributed by atoms with Crippen molar-refractivity contribution >= 4 is 21.4 Å². The van der Waals surface area contributed by atoms with Crippen LogP contribution in [0.3, 0.4) is 0 Å². The van der Waals surface area contributed by atoms with E-state index in [1.807, 2.05) is 0 Å². The maximum Gasteiger partial charge on any atom is 0.158 e. The standard InChI is InChI=1S/C13H19ClO4S/c1-13(2,3)19(16,17)8-7-18-12-6-4-5-11(14)10(12)9-15/h4-6,15H,7-9H2,1-3H3. The fourth-order valence-corrected chi connectivity index (χ4v) is 2.54. The molecule has 19 heavy (non-hydrogen) atoms. The van der Waals surface area contributed by atoms with Gasteiger partial charge in [0.15, 0.2) is 9.84 Å². The van der Waals surface area contributed by atoms with Gasteiger partial charge in [-0.3, -0.25) is 0 Å². The van der Waals surface area contributed by atoms with Gasteiger partial charge in [0.1, 0.15) is 12.4 Å². The summed E-state index contributed by atoms with van der Waals surface area (Å²) in [6.07, 6.45) is 0. The van der Waals surface area contributed by atoms with Crippen molar-refractivity contribution in [1.29, 1.82) is 0 Å². The first-order valence-corrected chi connectivity index (χ1v) is 7.95. The molecular formula is C13H19ClO4S. The van der Waals surface area contributed by atoms with E-state index in [4.69, 9.17) is 16.3 Å². The van der Waals surface area contributed by atoms with E-state index in [1.165, 1.54) is 0 Å². The number of aliphatic hydroxyl groups is 1. The molecule has 1 rings (SSSR count). The maximum absolute atomic E-state index is 11.9. The molecule has 0 unspecified atom stereocenters. The topological polar surface area (TPSA) is 63.6 Å². The van der Waals surface area contributed by atoms with E-state index in [9.17, 15) is 13.5 Å². The lowest BCUT2D eigenvalue weighted by atomic mass is 10.2. The highest BCUT2D eigenvalue weighted by Crippen LogP contribution is 2.26. The normalized spacial score (nSPS) is 12.5. The van der Waals surface area contributed by atoms with Crippen LogP contribution in [-0.2, 0) is 16.4 Å². The van der Waals surface area contributed by atoms with Gasteiger partial charge in [0.2, 0.25) is 0 Å². The Morgan fingerprint density at radius 1 is 1.32 bits per heavy atom. The fourth-order valence-electron chi connectivity index (χ4n) is 1.40. The summed E-state index contributed by atoms with van der Waals surface area (Å²) in [5.74, 6) is 0.340. The van der Waals surface area contributed by atoms with Crippen LogP contribution in [0.4, 0.5) is 0 Å². The third-order valence-corrected chi connectivity index (χ3v) is 5.70. The lowest BCUT2D eigenvalue weighted by Gasteiger charge is -2.19. The van der Waals surface area contributed by atoms with Crippen LogP contribution in [0.2, 0.25) is 5.02 Å². The van der Waals surface area contributed by atoms with E-state index in [1.54, 1.807) is 39.0 Å². The minimum Gasteiger partial charge on any atom is -0.492 e. The molecule has 1 aromatic carbocycles. The lowest BCUT2D eigenvalue weighted by Crippen LogP contribution is -2.32. The minimum absolute atomic E-state index is 0.0347. The van der Waals surface area contributed by atoms with Gasteiger partial charge in [-0.2, -0.15) is 0 Å². The Labute approximate surface area is 119 Å². The SMILES string of the molecule is CC(C)(C)S(=O)(=O)CCOc1cccc(Cl)c1CO. The zero-order valence-electron chi connectivity index (χ0n) is 11.3. The van der Waals surface area contributed by atoms with E-state index in [2.05, 4.69) is 0 Å². The highest BCUT2D eigenvalue weighted by molar-refractivity contribution is 7.92. The molecule has 0 spiro atoms. The van der Waals surface area contributed by atoms with Gasteiger partial charge in [-0.05, 0) is 32.9 Å². The molecule has 0 heterocycles. The fraction of sp³-hybridized carbons (Fsp3) is 0.538. The van der Waals surface area contributed by atoms with Gasteiger partial charge < -0.3 is 9.84 Å². The highest BCUT2D eigenvalue weighted by Gasteiger charge is 2.28. The number of aliphatic hydroxyl groups excluding tert-OH is 1. The van der Waals surface area contributed by atoms with Crippen LogP contribution in [-0.4, -0.2) is 30.6 Å². The van der Waals surface area contributed by atoms with E-state index < -0.39 is 14.6 Å². The predicted octanol–water partition coefficient (Wildman–Crippen LogP) is 2.42. The molecule has 0 saturated heterocycles. The third kappa shape index (κ3) is 4.09. The molecule has 0 atom stereocenters. The monoisotopic (exact) mass is 306 g/mol. The number of sulfone groups is 1. The van der Waals surface area contributed by atoms with Crippen molar-refractivity contribution in [3.8, 4) is 5.75 Å². The Morgan fingerprint density at radius 2 is 1.95 bits per heavy atom. The molecule has 0 radical (unpaired) electrons. The van der Waals surface area contributed by atoms with E-state index >= 15 is 0 Å². The number of benzene rings is 1. The van der Waals surface area contributed by atoms with Gasteiger partial charge >= 0.3 is 0 Å². The van der Waals surface area contributed by atoms with Gasteiger partial charge in [0, 0.05) is 10.6 Å². The molecule has 6 heteroatoms. The van der Waals surface area contributed by atoms with Crippen molar-refractivity contribution < 1.29 is 18.3 Å². The lowest BCUT2D eigenvalue weighted by molar-refractivity contribution is 0.267. The quantitative estimate of drug-likeness (QED) is 0.907. The number of ether oxygens (including phenoxy) is 1. The summed E-state index contributed by atoms with van der Waals surface area (Å²) in [7, 11) is -3.22. The minimum atomic E-state index is -3.22. The zero-order valence-corrected chi connectivity index (χ0v) is 12.9. The Balaban J connectivity index is 2.72. The summed E-state index contributed by atoms with van der Waals surface area (Å²) in [5, 5.41) is 9.61. The van der Waals surface area contributed by atoms with Gasteiger partial charge in [-0.15, -0.1) is 0 Å². The van der Waals surface area contributed by atoms with E-state index in [0.29, 0.717) is 16.3 Å². The second kappa shape index (κ2) is 6.11. The summed E-state index contributed by atoms with van der Waals surface area (Å²) >= 11 is 5.91. The summed E-state index contributed by atoms with van der Waals surface area (Å²) in [4.78, 5) is 0. The average molecular weight is 307 g/mol. The van der Waals surface area contributed by atoms with Gasteiger partial charge in [-0.1, -0.05) is 17.7 Å². The van der Waals surface area contributed by atoms with Crippen molar-refractivity contribution in [3.05, 3.63) is 28.8 Å². The van der Waals surface area contributed by atoms with Gasteiger partial charge in [0.05, 0.1) is 17.1 Å². The molecule has 4 nitrogen and oxygen atoms in total. The zero-order chi connectivity index (χ0) is 14.7. The summed E-state index contributed by atoms with van der Waals surface area (Å²) in [5.41, 5.74) is 0.470. The largest absolute Gasteiger partial charge is 0.492 e. The summed E-state index contributed by atoms with van der Waals surface area (Å²) in [6, 6.07) is 4.99. The van der Waals surface area contributed by atoms with E-state index in [0.717, 1.165) is 0 Å². The molecule has 1 aromatic rings. The molecular weight excluding hydrogens is 288 g/mol. The molecule has 0 amide bonds. The molecule has 0 aromatic heterocycles. The highest BCUT2D eigenvalue weighted by atomic mass is 35.5. The average Bonchev–Trinajstić information content (AvgIpc) is 2.27. The van der Waals surface area contributed by atoms with Crippen molar-refractivity contribution in [2.75, 3.05) is 12.4 Å². The number of hydrogen-bond donors (Lipinski definition) is 1. The van der Waals surface area contributed by atoms with Crippen LogP contribution in [0.5, 0.6) is 5.75 Å². The molecule has 0 fully saturated rings. The summed E-state index contributed by atoms with van der Waals surface area (Å²) < 4.78 is 28.4. The first-order valence-electron chi connectivity index (χ1n) is 5.92. The Hall–Kier alpha value is -0.780. The predicted molar refractivity (Wildman–Crippen MR) is 76.4 cm³/mol. The molecule has 0 aliphatic heterocycles. The molecule has 0 aliphatic carbocycles. The van der Waals surface area contributed by atoms with Gasteiger partial charge in [0.25, 0.3) is 0 Å². The molecule has 0 aliphatic rings. The molecule has 0 bridgehead atoms. The second-order valence-electron chi connectivity index (χ2n) is 5.15. The molecule has 108 valence electrons. The number of halogens is 1. The van der Waals surface area contributed by atoms with Crippen LogP contribution < -0.4 is 4.74 Å².